The Morgan fingerprint density at radius 2 is 1.61 bits per heavy atom. The molecule has 0 amide bonds. The summed E-state index contributed by atoms with van der Waals surface area (Å²) >= 11 is 3.48. The Balaban J connectivity index is 0.00000144. The van der Waals surface area contributed by atoms with E-state index < -0.39 is 0 Å². The van der Waals surface area contributed by atoms with Gasteiger partial charge in [-0.15, -0.1) is 24.8 Å². The molecular formula is C11H17BBrCl2NO2. The maximum Gasteiger partial charge on any atom is 0.497 e. The van der Waals surface area contributed by atoms with Crippen molar-refractivity contribution in [1.29, 1.82) is 0 Å². The summed E-state index contributed by atoms with van der Waals surface area (Å²) in [5, 5.41) is 0. The average Bonchev–Trinajstić information content (AvgIpc) is 2.36. The first-order valence-electron chi connectivity index (χ1n) is 5.28. The van der Waals surface area contributed by atoms with Crippen molar-refractivity contribution in [2.45, 2.75) is 38.9 Å². The first kappa shape index (κ1) is 18.2. The number of aromatic nitrogens is 1. The van der Waals surface area contributed by atoms with Crippen LogP contribution in [0.4, 0.5) is 0 Å². The second-order valence-corrected chi connectivity index (χ2v) is 5.84. The maximum absolute atomic E-state index is 5.94. The van der Waals surface area contributed by atoms with Gasteiger partial charge in [0.2, 0.25) is 0 Å². The van der Waals surface area contributed by atoms with Crippen LogP contribution < -0.4 is 5.46 Å². The average molecular weight is 357 g/mol. The maximum atomic E-state index is 5.94. The Bertz CT molecular complexity index is 402. The molecule has 3 nitrogen and oxygen atoms in total. The highest BCUT2D eigenvalue weighted by Gasteiger charge is 2.52. The molecular weight excluding hydrogens is 340 g/mol. The lowest BCUT2D eigenvalue weighted by molar-refractivity contribution is 0.00578. The summed E-state index contributed by atoms with van der Waals surface area (Å²) in [6.07, 6.45) is 3.51. The second-order valence-electron chi connectivity index (χ2n) is 4.99. The molecule has 0 aromatic carbocycles. The van der Waals surface area contributed by atoms with E-state index in [2.05, 4.69) is 20.9 Å². The minimum atomic E-state index is -0.354. The minimum Gasteiger partial charge on any atom is -0.399 e. The van der Waals surface area contributed by atoms with Gasteiger partial charge in [-0.3, -0.25) is 4.98 Å². The molecule has 2 rings (SSSR count). The Labute approximate surface area is 129 Å². The highest BCUT2D eigenvalue weighted by Crippen LogP contribution is 2.36. The quantitative estimate of drug-likeness (QED) is 0.725. The molecule has 0 atom stereocenters. The summed E-state index contributed by atoms with van der Waals surface area (Å²) < 4.78 is 12.8. The highest BCUT2D eigenvalue weighted by molar-refractivity contribution is 9.10. The molecule has 2 heterocycles. The van der Waals surface area contributed by atoms with E-state index in [1.807, 2.05) is 33.8 Å². The fourth-order valence-corrected chi connectivity index (χ4v) is 1.94. The van der Waals surface area contributed by atoms with Crippen molar-refractivity contribution in [2.75, 3.05) is 0 Å². The molecule has 0 N–H and O–H groups in total. The summed E-state index contributed by atoms with van der Waals surface area (Å²) in [6, 6.07) is 1.89. The summed E-state index contributed by atoms with van der Waals surface area (Å²) in [5.74, 6) is 0. The molecule has 0 aliphatic carbocycles. The zero-order chi connectivity index (χ0) is 12.0. The van der Waals surface area contributed by atoms with Crippen molar-refractivity contribution in [3.05, 3.63) is 22.9 Å². The summed E-state index contributed by atoms with van der Waals surface area (Å²) in [7, 11) is -0.354. The minimum absolute atomic E-state index is 0. The van der Waals surface area contributed by atoms with E-state index in [9.17, 15) is 0 Å². The van der Waals surface area contributed by atoms with Gasteiger partial charge in [-0.1, -0.05) is 15.9 Å². The van der Waals surface area contributed by atoms with E-state index in [4.69, 9.17) is 9.31 Å². The Hall–Kier alpha value is 0.195. The van der Waals surface area contributed by atoms with E-state index in [-0.39, 0.29) is 43.1 Å². The number of rotatable bonds is 1. The highest BCUT2D eigenvalue weighted by atomic mass is 79.9. The lowest BCUT2D eigenvalue weighted by atomic mass is 9.80. The number of halogens is 3. The fourth-order valence-electron chi connectivity index (χ4n) is 1.53. The molecule has 18 heavy (non-hydrogen) atoms. The van der Waals surface area contributed by atoms with E-state index in [1.165, 1.54) is 0 Å². The molecule has 0 radical (unpaired) electrons. The lowest BCUT2D eigenvalue weighted by Gasteiger charge is -2.32. The molecule has 1 aromatic rings. The van der Waals surface area contributed by atoms with Crippen molar-refractivity contribution in [3.63, 3.8) is 0 Å². The van der Waals surface area contributed by atoms with Crippen molar-refractivity contribution in [1.82, 2.24) is 4.98 Å². The van der Waals surface area contributed by atoms with Gasteiger partial charge in [0.15, 0.2) is 0 Å². The predicted molar refractivity (Wildman–Crippen MR) is 82.1 cm³/mol. The smallest absolute Gasteiger partial charge is 0.399 e. The van der Waals surface area contributed by atoms with Gasteiger partial charge < -0.3 is 9.31 Å². The normalized spacial score (nSPS) is 19.9. The third kappa shape index (κ3) is 3.20. The molecule has 1 aliphatic heterocycles. The van der Waals surface area contributed by atoms with Crippen LogP contribution in [-0.4, -0.2) is 23.3 Å². The van der Waals surface area contributed by atoms with Crippen LogP contribution in [-0.2, 0) is 9.31 Å². The van der Waals surface area contributed by atoms with Crippen molar-refractivity contribution in [2.24, 2.45) is 0 Å². The number of hydrogen-bond donors (Lipinski definition) is 0. The van der Waals surface area contributed by atoms with Crippen LogP contribution in [0.1, 0.15) is 27.7 Å². The number of hydrogen-bond acceptors (Lipinski definition) is 3. The lowest BCUT2D eigenvalue weighted by Crippen LogP contribution is -2.41. The number of pyridine rings is 1. The van der Waals surface area contributed by atoms with Crippen molar-refractivity contribution in [3.8, 4) is 0 Å². The van der Waals surface area contributed by atoms with Gasteiger partial charge in [-0.25, -0.2) is 0 Å². The molecule has 0 unspecified atom stereocenters. The molecule has 1 saturated heterocycles. The van der Waals surface area contributed by atoms with Gasteiger partial charge in [0.1, 0.15) is 0 Å². The zero-order valence-corrected chi connectivity index (χ0v) is 14.0. The molecule has 1 aromatic heterocycles. The Morgan fingerprint density at radius 3 is 2.06 bits per heavy atom. The zero-order valence-electron chi connectivity index (χ0n) is 10.8. The molecule has 1 fully saturated rings. The van der Waals surface area contributed by atoms with Crippen molar-refractivity contribution >= 4 is 53.3 Å². The molecule has 102 valence electrons. The van der Waals surface area contributed by atoms with Crippen LogP contribution in [0.25, 0.3) is 0 Å². The second kappa shape index (κ2) is 6.10. The Kier molecular flexibility index (Phi) is 6.16. The van der Waals surface area contributed by atoms with Crippen LogP contribution in [0, 0.1) is 0 Å². The van der Waals surface area contributed by atoms with Crippen LogP contribution in [0.15, 0.2) is 22.9 Å². The molecule has 1 aliphatic rings. The first-order chi connectivity index (χ1) is 7.33. The van der Waals surface area contributed by atoms with E-state index in [0.29, 0.717) is 0 Å². The van der Waals surface area contributed by atoms with Gasteiger partial charge in [0.05, 0.1) is 11.2 Å². The molecule has 0 saturated carbocycles. The first-order valence-corrected chi connectivity index (χ1v) is 6.08. The van der Waals surface area contributed by atoms with Crippen LogP contribution >= 0.6 is 40.7 Å². The van der Waals surface area contributed by atoms with Gasteiger partial charge in [0, 0.05) is 22.3 Å². The predicted octanol–water partition coefficient (Wildman–Crippen LogP) is 2.99. The van der Waals surface area contributed by atoms with Crippen LogP contribution in [0.2, 0.25) is 0 Å². The fraction of sp³-hybridized carbons (Fsp3) is 0.545. The largest absolute Gasteiger partial charge is 0.497 e. The van der Waals surface area contributed by atoms with Gasteiger partial charge >= 0.3 is 7.12 Å². The standard InChI is InChI=1S/C11H15BBrNO2.2ClH/c1-10(2)11(3,4)16-12(15-10)8-7-14-6-5-9(8)13;;/h5-7H,1-4H3;2*1H. The van der Waals surface area contributed by atoms with Crippen LogP contribution in [0.3, 0.4) is 0 Å². The molecule has 0 spiro atoms. The SMILES string of the molecule is CC1(C)OB(c2cnccc2Br)OC1(C)C.Cl.Cl. The molecule has 7 heteroatoms. The van der Waals surface area contributed by atoms with Gasteiger partial charge in [0.25, 0.3) is 0 Å². The van der Waals surface area contributed by atoms with E-state index in [0.717, 1.165) is 9.94 Å². The monoisotopic (exact) mass is 355 g/mol. The summed E-state index contributed by atoms with van der Waals surface area (Å²) in [5.41, 5.74) is 0.307. The van der Waals surface area contributed by atoms with Crippen LogP contribution in [0.5, 0.6) is 0 Å². The number of nitrogens with zero attached hydrogens (tertiary/aromatic N) is 1. The summed E-state index contributed by atoms with van der Waals surface area (Å²) in [4.78, 5) is 4.10. The third-order valence-corrected chi connectivity index (χ3v) is 4.03. The molecule has 0 bridgehead atoms. The third-order valence-electron chi connectivity index (χ3n) is 3.30. The summed E-state index contributed by atoms with van der Waals surface area (Å²) in [6.45, 7) is 8.16. The van der Waals surface area contributed by atoms with E-state index in [1.54, 1.807) is 12.4 Å². The van der Waals surface area contributed by atoms with E-state index >= 15 is 0 Å². The Morgan fingerprint density at radius 1 is 1.11 bits per heavy atom. The van der Waals surface area contributed by atoms with Crippen molar-refractivity contribution < 1.29 is 9.31 Å². The van der Waals surface area contributed by atoms with Gasteiger partial charge in [-0.2, -0.15) is 0 Å². The topological polar surface area (TPSA) is 31.4 Å². The van der Waals surface area contributed by atoms with Gasteiger partial charge in [-0.05, 0) is 33.8 Å².